The lowest BCUT2D eigenvalue weighted by Gasteiger charge is -2.35. The second-order valence-corrected chi connectivity index (χ2v) is 11.3. The summed E-state index contributed by atoms with van der Waals surface area (Å²) in [6.45, 7) is 2.20. The number of fused-ring (bicyclic) bond motifs is 3. The summed E-state index contributed by atoms with van der Waals surface area (Å²) in [5, 5.41) is 21.7. The number of benzene rings is 2. The van der Waals surface area contributed by atoms with Crippen LogP contribution in [0, 0.1) is 11.2 Å². The SMILES string of the molecule is CCC(CO)(CO)COc1ccc(C2c3[nH]c4c(c3CCN2C(=O)Oc2ccc(F)cc2)=CC(Br)CC=4)cc1. The summed E-state index contributed by atoms with van der Waals surface area (Å²) in [5.41, 5.74) is 2.29. The van der Waals surface area contributed by atoms with E-state index in [2.05, 4.69) is 33.1 Å². The first-order chi connectivity index (χ1) is 18.9. The van der Waals surface area contributed by atoms with Crippen molar-refractivity contribution in [1.29, 1.82) is 0 Å². The Morgan fingerprint density at radius 1 is 1.13 bits per heavy atom. The molecule has 9 heteroatoms. The van der Waals surface area contributed by atoms with E-state index in [1.54, 1.807) is 4.90 Å². The topological polar surface area (TPSA) is 95.0 Å². The highest BCUT2D eigenvalue weighted by Crippen LogP contribution is 2.35. The number of rotatable bonds is 8. The van der Waals surface area contributed by atoms with Gasteiger partial charge in [0.25, 0.3) is 0 Å². The Morgan fingerprint density at radius 2 is 1.82 bits per heavy atom. The fourth-order valence-corrected chi connectivity index (χ4v) is 5.55. The van der Waals surface area contributed by atoms with Crippen LogP contribution in [0.25, 0.3) is 12.2 Å². The molecule has 1 amide bonds. The van der Waals surface area contributed by atoms with Gasteiger partial charge in [0.05, 0.1) is 25.2 Å². The maximum atomic E-state index is 13.4. The lowest BCUT2D eigenvalue weighted by molar-refractivity contribution is 0.0114. The van der Waals surface area contributed by atoms with Crippen LogP contribution in [-0.4, -0.2) is 57.4 Å². The largest absolute Gasteiger partial charge is 0.493 e. The van der Waals surface area contributed by atoms with Crippen LogP contribution in [0.15, 0.2) is 48.5 Å². The number of carbonyl (C=O) groups excluding carboxylic acids is 1. The number of aromatic amines is 1. The predicted molar refractivity (Wildman–Crippen MR) is 150 cm³/mol. The van der Waals surface area contributed by atoms with E-state index in [9.17, 15) is 19.4 Å². The van der Waals surface area contributed by atoms with Crippen molar-refractivity contribution >= 4 is 34.2 Å². The molecule has 39 heavy (non-hydrogen) atoms. The second kappa shape index (κ2) is 11.5. The quantitative estimate of drug-likeness (QED) is 0.343. The first-order valence-electron chi connectivity index (χ1n) is 13.1. The zero-order valence-corrected chi connectivity index (χ0v) is 23.3. The summed E-state index contributed by atoms with van der Waals surface area (Å²) in [6, 6.07) is 12.5. The Hall–Kier alpha value is -3.14. The van der Waals surface area contributed by atoms with Crippen LogP contribution in [-0.2, 0) is 6.42 Å². The number of aromatic nitrogens is 1. The Morgan fingerprint density at radius 3 is 2.49 bits per heavy atom. The van der Waals surface area contributed by atoms with Gasteiger partial charge < -0.3 is 24.7 Å². The van der Waals surface area contributed by atoms with Crippen molar-refractivity contribution in [3.63, 3.8) is 0 Å². The summed E-state index contributed by atoms with van der Waals surface area (Å²) >= 11 is 3.70. The molecular formula is C30H32BrFN2O5. The van der Waals surface area contributed by atoms with Crippen LogP contribution in [0.1, 0.15) is 42.6 Å². The number of ether oxygens (including phenoxy) is 2. The Balaban J connectivity index is 1.47. The molecule has 0 saturated carbocycles. The molecule has 3 N–H and O–H groups in total. The van der Waals surface area contributed by atoms with Crippen molar-refractivity contribution in [3.8, 4) is 11.5 Å². The Bertz CT molecular complexity index is 1430. The Kier molecular flexibility index (Phi) is 8.11. The van der Waals surface area contributed by atoms with Crippen molar-refractivity contribution in [2.45, 2.75) is 37.1 Å². The van der Waals surface area contributed by atoms with E-state index in [0.29, 0.717) is 25.1 Å². The molecule has 3 aromatic rings. The maximum Gasteiger partial charge on any atom is 0.416 e. The van der Waals surface area contributed by atoms with Gasteiger partial charge >= 0.3 is 6.09 Å². The minimum absolute atomic E-state index is 0.172. The lowest BCUT2D eigenvalue weighted by atomic mass is 9.88. The van der Waals surface area contributed by atoms with Gasteiger partial charge in [0.1, 0.15) is 23.4 Å². The third-order valence-electron chi connectivity index (χ3n) is 7.71. The van der Waals surface area contributed by atoms with Crippen molar-refractivity contribution in [3.05, 3.63) is 81.7 Å². The van der Waals surface area contributed by atoms with Crippen molar-refractivity contribution < 1.29 is 28.9 Å². The number of alkyl halides is 1. The van der Waals surface area contributed by atoms with E-state index in [4.69, 9.17) is 9.47 Å². The highest BCUT2D eigenvalue weighted by Gasteiger charge is 2.36. The van der Waals surface area contributed by atoms with E-state index in [-0.39, 0.29) is 30.4 Å². The molecule has 2 unspecified atom stereocenters. The monoisotopic (exact) mass is 598 g/mol. The average molecular weight is 599 g/mol. The van der Waals surface area contributed by atoms with Gasteiger partial charge in [-0.2, -0.15) is 0 Å². The van der Waals surface area contributed by atoms with Gasteiger partial charge in [0, 0.05) is 22.4 Å². The summed E-state index contributed by atoms with van der Waals surface area (Å²) < 4.78 is 24.9. The molecule has 0 bridgehead atoms. The summed E-state index contributed by atoms with van der Waals surface area (Å²) in [4.78, 5) is 18.9. The third kappa shape index (κ3) is 5.62. The van der Waals surface area contributed by atoms with Crippen LogP contribution >= 0.6 is 15.9 Å². The number of aliphatic hydroxyl groups is 2. The van der Waals surface area contributed by atoms with Gasteiger partial charge in [-0.1, -0.05) is 47.1 Å². The zero-order chi connectivity index (χ0) is 27.6. The number of H-pyrrole nitrogens is 1. The van der Waals surface area contributed by atoms with Crippen LogP contribution in [0.5, 0.6) is 11.5 Å². The standard InChI is InChI=1S/C30H32BrFN2O5/c1-2-30(16-35,17-36)18-38-22-8-3-19(4-9-22)28-27-24(25-15-20(31)5-12-26(25)33-27)13-14-34(28)29(37)39-23-10-6-21(32)7-11-23/h3-4,6-12,15,20,28,33,35-36H,2,5,13-14,16-18H2,1H3. The first kappa shape index (κ1) is 27.4. The number of amides is 1. The fraction of sp³-hybridized carbons (Fsp3) is 0.367. The van der Waals surface area contributed by atoms with Crippen LogP contribution < -0.4 is 20.0 Å². The fourth-order valence-electron chi connectivity index (χ4n) is 5.10. The van der Waals surface area contributed by atoms with E-state index < -0.39 is 23.4 Å². The molecule has 2 atom stereocenters. The second-order valence-electron chi connectivity index (χ2n) is 10.2. The molecule has 7 nitrogen and oxygen atoms in total. The maximum absolute atomic E-state index is 13.4. The number of carbonyl (C=O) groups is 1. The van der Waals surface area contributed by atoms with Gasteiger partial charge in [0.2, 0.25) is 0 Å². The summed E-state index contributed by atoms with van der Waals surface area (Å²) in [6.07, 6.45) is 5.99. The molecule has 2 heterocycles. The number of aliphatic hydroxyl groups excluding tert-OH is 2. The molecule has 0 spiro atoms. The molecular weight excluding hydrogens is 567 g/mol. The lowest BCUT2D eigenvalue weighted by Crippen LogP contribution is -2.43. The average Bonchev–Trinajstić information content (AvgIpc) is 3.33. The van der Waals surface area contributed by atoms with E-state index in [0.717, 1.165) is 23.0 Å². The van der Waals surface area contributed by atoms with Gasteiger partial charge in [0.15, 0.2) is 0 Å². The zero-order valence-electron chi connectivity index (χ0n) is 21.7. The minimum Gasteiger partial charge on any atom is -0.493 e. The molecule has 206 valence electrons. The van der Waals surface area contributed by atoms with Crippen LogP contribution in [0.3, 0.4) is 0 Å². The van der Waals surface area contributed by atoms with Crippen molar-refractivity contribution in [2.75, 3.05) is 26.4 Å². The highest BCUT2D eigenvalue weighted by molar-refractivity contribution is 9.09. The normalized spacial score (nSPS) is 18.4. The number of halogens is 2. The Labute approximate surface area is 234 Å². The molecule has 2 aliphatic rings. The number of hydrogen-bond acceptors (Lipinski definition) is 5. The molecule has 1 aromatic heterocycles. The predicted octanol–water partition coefficient (Wildman–Crippen LogP) is 3.79. The molecule has 2 aromatic carbocycles. The van der Waals surface area contributed by atoms with Gasteiger partial charge in [-0.25, -0.2) is 9.18 Å². The molecule has 0 saturated heterocycles. The van der Waals surface area contributed by atoms with E-state index >= 15 is 0 Å². The van der Waals surface area contributed by atoms with Gasteiger partial charge in [-0.15, -0.1) is 0 Å². The minimum atomic E-state index is -0.707. The molecule has 1 aliphatic heterocycles. The molecule has 0 radical (unpaired) electrons. The molecule has 5 rings (SSSR count). The smallest absolute Gasteiger partial charge is 0.416 e. The third-order valence-corrected chi connectivity index (χ3v) is 8.35. The summed E-state index contributed by atoms with van der Waals surface area (Å²) in [7, 11) is 0. The van der Waals surface area contributed by atoms with Crippen molar-refractivity contribution in [2.24, 2.45) is 5.41 Å². The first-order valence-corrected chi connectivity index (χ1v) is 14.0. The van der Waals surface area contributed by atoms with E-state index in [1.807, 2.05) is 31.2 Å². The number of hydrogen-bond donors (Lipinski definition) is 3. The van der Waals surface area contributed by atoms with Gasteiger partial charge in [-0.3, -0.25) is 4.90 Å². The number of nitrogens with zero attached hydrogens (tertiary/aromatic N) is 1. The van der Waals surface area contributed by atoms with Crippen LogP contribution in [0.2, 0.25) is 0 Å². The van der Waals surface area contributed by atoms with Crippen LogP contribution in [0.4, 0.5) is 9.18 Å². The molecule has 0 fully saturated rings. The molecule has 1 aliphatic carbocycles. The van der Waals surface area contributed by atoms with E-state index in [1.165, 1.54) is 35.0 Å². The highest BCUT2D eigenvalue weighted by atomic mass is 79.9. The van der Waals surface area contributed by atoms with Crippen molar-refractivity contribution in [1.82, 2.24) is 9.88 Å². The number of nitrogens with one attached hydrogen (secondary N) is 1. The summed E-state index contributed by atoms with van der Waals surface area (Å²) in [5.74, 6) is 0.474. The van der Waals surface area contributed by atoms with Gasteiger partial charge in [-0.05, 0) is 72.0 Å².